The molecule has 1 fully saturated rings. The fourth-order valence-electron chi connectivity index (χ4n) is 1.28. The van der Waals surface area contributed by atoms with Gasteiger partial charge in [0.05, 0.1) is 25.0 Å². The van der Waals surface area contributed by atoms with Crippen LogP contribution >= 0.6 is 15.9 Å². The first-order chi connectivity index (χ1) is 6.08. The van der Waals surface area contributed by atoms with Gasteiger partial charge in [0.2, 0.25) is 0 Å². The van der Waals surface area contributed by atoms with Crippen molar-refractivity contribution < 1.29 is 8.78 Å². The van der Waals surface area contributed by atoms with Crippen LogP contribution in [0.3, 0.4) is 0 Å². The van der Waals surface area contributed by atoms with E-state index < -0.39 is 5.92 Å². The van der Waals surface area contributed by atoms with Gasteiger partial charge in [-0.1, -0.05) is 0 Å². The molecular weight excluding hydrogens is 242 g/mol. The number of pyridine rings is 1. The minimum atomic E-state index is -2.53. The number of aromatic nitrogens is 1. The van der Waals surface area contributed by atoms with Crippen LogP contribution in [0.4, 0.5) is 14.5 Å². The Balaban J connectivity index is 2.16. The standard InChI is InChI=1S/C8H7BrF2N2/c9-6-1-2-12-3-7(6)13-4-8(10,11)5-13/h1-3H,4-5H2. The largest absolute Gasteiger partial charge is 0.357 e. The Morgan fingerprint density at radius 1 is 1.46 bits per heavy atom. The summed E-state index contributed by atoms with van der Waals surface area (Å²) in [7, 11) is 0. The lowest BCUT2D eigenvalue weighted by Crippen LogP contribution is -2.56. The lowest BCUT2D eigenvalue weighted by Gasteiger charge is -2.40. The molecule has 2 nitrogen and oxygen atoms in total. The minimum absolute atomic E-state index is 0.211. The SMILES string of the molecule is FC1(F)CN(c2cnccc2Br)C1. The first-order valence-electron chi connectivity index (χ1n) is 3.81. The van der Waals surface area contributed by atoms with Gasteiger partial charge >= 0.3 is 0 Å². The van der Waals surface area contributed by atoms with E-state index in [1.165, 1.54) is 0 Å². The van der Waals surface area contributed by atoms with Gasteiger partial charge in [-0.2, -0.15) is 0 Å². The molecular formula is C8H7BrF2N2. The van der Waals surface area contributed by atoms with Gasteiger partial charge in [0, 0.05) is 10.7 Å². The van der Waals surface area contributed by atoms with Crippen molar-refractivity contribution in [2.75, 3.05) is 18.0 Å². The normalized spacial score (nSPS) is 19.8. The van der Waals surface area contributed by atoms with Crippen LogP contribution in [-0.2, 0) is 0 Å². The van der Waals surface area contributed by atoms with E-state index in [-0.39, 0.29) is 13.1 Å². The van der Waals surface area contributed by atoms with Gasteiger partial charge in [0.15, 0.2) is 0 Å². The predicted molar refractivity (Wildman–Crippen MR) is 49.1 cm³/mol. The van der Waals surface area contributed by atoms with Crippen molar-refractivity contribution in [3.63, 3.8) is 0 Å². The predicted octanol–water partition coefficient (Wildman–Crippen LogP) is 2.30. The maximum atomic E-state index is 12.5. The monoisotopic (exact) mass is 248 g/mol. The van der Waals surface area contributed by atoms with E-state index in [0.29, 0.717) is 0 Å². The Bertz CT molecular complexity index is 322. The molecule has 0 saturated carbocycles. The molecule has 2 heterocycles. The van der Waals surface area contributed by atoms with E-state index in [2.05, 4.69) is 20.9 Å². The average Bonchev–Trinajstić information content (AvgIpc) is 2.01. The van der Waals surface area contributed by atoms with Crippen molar-refractivity contribution in [2.24, 2.45) is 0 Å². The van der Waals surface area contributed by atoms with Gasteiger partial charge in [0.25, 0.3) is 5.92 Å². The van der Waals surface area contributed by atoms with Crippen molar-refractivity contribution in [3.05, 3.63) is 22.9 Å². The van der Waals surface area contributed by atoms with E-state index in [1.807, 2.05) is 0 Å². The van der Waals surface area contributed by atoms with Gasteiger partial charge in [0.1, 0.15) is 0 Å². The highest BCUT2D eigenvalue weighted by molar-refractivity contribution is 9.10. The molecule has 0 aliphatic carbocycles. The highest BCUT2D eigenvalue weighted by atomic mass is 79.9. The molecule has 0 radical (unpaired) electrons. The third-order valence-electron chi connectivity index (χ3n) is 1.93. The number of rotatable bonds is 1. The van der Waals surface area contributed by atoms with Crippen molar-refractivity contribution >= 4 is 21.6 Å². The van der Waals surface area contributed by atoms with Crippen LogP contribution in [0.2, 0.25) is 0 Å². The number of nitrogens with zero attached hydrogens (tertiary/aromatic N) is 2. The summed E-state index contributed by atoms with van der Waals surface area (Å²) in [6.45, 7) is -0.422. The Morgan fingerprint density at radius 2 is 2.15 bits per heavy atom. The van der Waals surface area contributed by atoms with Crippen LogP contribution in [0.5, 0.6) is 0 Å². The summed E-state index contributed by atoms with van der Waals surface area (Å²) in [5.74, 6) is -2.53. The van der Waals surface area contributed by atoms with Gasteiger partial charge in [-0.25, -0.2) is 8.78 Å². The van der Waals surface area contributed by atoms with Crippen molar-refractivity contribution in [1.29, 1.82) is 0 Å². The van der Waals surface area contributed by atoms with Crippen LogP contribution < -0.4 is 4.90 Å². The zero-order valence-electron chi connectivity index (χ0n) is 6.67. The van der Waals surface area contributed by atoms with Gasteiger partial charge in [-0.15, -0.1) is 0 Å². The average molecular weight is 249 g/mol. The first kappa shape index (κ1) is 8.87. The van der Waals surface area contributed by atoms with E-state index in [1.54, 1.807) is 23.4 Å². The second kappa shape index (κ2) is 2.90. The molecule has 1 aromatic rings. The van der Waals surface area contributed by atoms with Crippen LogP contribution in [-0.4, -0.2) is 24.0 Å². The molecule has 0 bridgehead atoms. The summed E-state index contributed by atoms with van der Waals surface area (Å²) >= 11 is 3.28. The maximum Gasteiger partial charge on any atom is 0.282 e. The van der Waals surface area contributed by atoms with Crippen molar-refractivity contribution in [3.8, 4) is 0 Å². The number of hydrogen-bond acceptors (Lipinski definition) is 2. The molecule has 0 atom stereocenters. The van der Waals surface area contributed by atoms with Crippen LogP contribution in [0, 0.1) is 0 Å². The number of hydrogen-bond donors (Lipinski definition) is 0. The fourth-order valence-corrected chi connectivity index (χ4v) is 1.76. The molecule has 1 saturated heterocycles. The number of alkyl halides is 2. The second-order valence-corrected chi connectivity index (χ2v) is 3.89. The summed E-state index contributed by atoms with van der Waals surface area (Å²) in [6, 6.07) is 1.74. The summed E-state index contributed by atoms with van der Waals surface area (Å²) in [5, 5.41) is 0. The van der Waals surface area contributed by atoms with Crippen molar-refractivity contribution in [1.82, 2.24) is 4.98 Å². The quantitative estimate of drug-likeness (QED) is 0.759. The molecule has 0 N–H and O–H groups in total. The minimum Gasteiger partial charge on any atom is -0.357 e. The van der Waals surface area contributed by atoms with Crippen LogP contribution in [0.15, 0.2) is 22.9 Å². The van der Waals surface area contributed by atoms with E-state index >= 15 is 0 Å². The summed E-state index contributed by atoms with van der Waals surface area (Å²) in [5.41, 5.74) is 0.730. The van der Waals surface area contributed by atoms with Gasteiger partial charge in [-0.3, -0.25) is 4.98 Å². The van der Waals surface area contributed by atoms with Gasteiger partial charge in [-0.05, 0) is 22.0 Å². The van der Waals surface area contributed by atoms with Gasteiger partial charge < -0.3 is 4.90 Å². The fraction of sp³-hybridized carbons (Fsp3) is 0.375. The molecule has 1 aliphatic heterocycles. The third-order valence-corrected chi connectivity index (χ3v) is 2.60. The lowest BCUT2D eigenvalue weighted by molar-refractivity contribution is -0.0263. The molecule has 13 heavy (non-hydrogen) atoms. The second-order valence-electron chi connectivity index (χ2n) is 3.04. The number of halogens is 3. The van der Waals surface area contributed by atoms with Crippen LogP contribution in [0.25, 0.3) is 0 Å². The number of anilines is 1. The zero-order valence-corrected chi connectivity index (χ0v) is 8.26. The first-order valence-corrected chi connectivity index (χ1v) is 4.60. The smallest absolute Gasteiger partial charge is 0.282 e. The Morgan fingerprint density at radius 3 is 2.69 bits per heavy atom. The van der Waals surface area contributed by atoms with E-state index in [4.69, 9.17) is 0 Å². The maximum absolute atomic E-state index is 12.5. The Labute approximate surface area is 82.7 Å². The highest BCUT2D eigenvalue weighted by Gasteiger charge is 2.44. The Kier molecular flexibility index (Phi) is 1.98. The van der Waals surface area contributed by atoms with Crippen molar-refractivity contribution in [2.45, 2.75) is 5.92 Å². The summed E-state index contributed by atoms with van der Waals surface area (Å²) in [6.07, 6.45) is 3.20. The van der Waals surface area contributed by atoms with E-state index in [9.17, 15) is 8.78 Å². The molecule has 1 aliphatic rings. The lowest BCUT2D eigenvalue weighted by atomic mass is 10.1. The highest BCUT2D eigenvalue weighted by Crippen LogP contribution is 2.34. The van der Waals surface area contributed by atoms with Crippen LogP contribution in [0.1, 0.15) is 0 Å². The molecule has 70 valence electrons. The third kappa shape index (κ3) is 1.65. The molecule has 0 aromatic carbocycles. The molecule has 5 heteroatoms. The molecule has 2 rings (SSSR count). The molecule has 1 aromatic heterocycles. The van der Waals surface area contributed by atoms with E-state index in [0.717, 1.165) is 10.2 Å². The molecule has 0 amide bonds. The summed E-state index contributed by atoms with van der Waals surface area (Å²) < 4.78 is 25.9. The zero-order chi connectivity index (χ0) is 9.47. The molecule has 0 unspecified atom stereocenters. The molecule has 0 spiro atoms. The summed E-state index contributed by atoms with van der Waals surface area (Å²) in [4.78, 5) is 5.47. The topological polar surface area (TPSA) is 16.1 Å². The Hall–Kier alpha value is -0.710.